The molecule has 1 atom stereocenters. The molecule has 0 radical (unpaired) electrons. The lowest BCUT2D eigenvalue weighted by Crippen LogP contribution is -2.36. The second-order valence-electron chi connectivity index (χ2n) is 7.55. The van der Waals surface area contributed by atoms with Gasteiger partial charge in [0.15, 0.2) is 11.5 Å². The van der Waals surface area contributed by atoms with E-state index in [1.165, 1.54) is 18.4 Å². The summed E-state index contributed by atoms with van der Waals surface area (Å²) in [5.41, 5.74) is 2.32. The number of nitrogens with one attached hydrogen (secondary N) is 1. The molecule has 1 N–H and O–H groups in total. The Kier molecular flexibility index (Phi) is 7.04. The van der Waals surface area contributed by atoms with Crippen LogP contribution in [-0.2, 0) is 0 Å². The first-order chi connectivity index (χ1) is 15.1. The number of aromatic nitrogens is 1. The molecule has 31 heavy (non-hydrogen) atoms. The lowest BCUT2D eigenvalue weighted by atomic mass is 10.1. The van der Waals surface area contributed by atoms with E-state index in [4.69, 9.17) is 9.26 Å². The Bertz CT molecular complexity index is 996. The third-order valence-electron chi connectivity index (χ3n) is 5.48. The molecular weight excluding hydrogens is 458 g/mol. The molecule has 1 unspecified atom stereocenters. The first-order valence-corrected chi connectivity index (χ1v) is 11.4. The molecule has 4 rings (SSSR count). The van der Waals surface area contributed by atoms with Crippen molar-refractivity contribution in [2.24, 2.45) is 0 Å². The Morgan fingerprint density at radius 3 is 2.55 bits per heavy atom. The molecule has 7 heteroatoms. The van der Waals surface area contributed by atoms with E-state index in [0.29, 0.717) is 18.9 Å². The van der Waals surface area contributed by atoms with Crippen molar-refractivity contribution in [3.05, 3.63) is 70.3 Å². The van der Waals surface area contributed by atoms with Crippen LogP contribution in [0.4, 0.5) is 0 Å². The van der Waals surface area contributed by atoms with Gasteiger partial charge in [0, 0.05) is 22.6 Å². The van der Waals surface area contributed by atoms with Gasteiger partial charge in [-0.05, 0) is 62.7 Å². The molecule has 1 fully saturated rings. The van der Waals surface area contributed by atoms with Crippen molar-refractivity contribution in [2.75, 3.05) is 26.2 Å². The molecular formula is C24H26BrN3O3. The summed E-state index contributed by atoms with van der Waals surface area (Å²) in [7, 11) is 0. The van der Waals surface area contributed by atoms with Crippen molar-refractivity contribution < 1.29 is 14.1 Å². The van der Waals surface area contributed by atoms with Crippen LogP contribution in [0.25, 0.3) is 11.3 Å². The summed E-state index contributed by atoms with van der Waals surface area (Å²) >= 11 is 3.42. The molecule has 0 aliphatic carbocycles. The average molecular weight is 484 g/mol. The quantitative estimate of drug-likeness (QED) is 0.484. The number of carbonyl (C=O) groups excluding carboxylic acids is 1. The number of ether oxygens (including phenoxy) is 1. The molecule has 6 nitrogen and oxygen atoms in total. The van der Waals surface area contributed by atoms with Crippen LogP contribution in [0.15, 0.2) is 63.6 Å². The summed E-state index contributed by atoms with van der Waals surface area (Å²) in [5.74, 6) is 1.20. The molecule has 162 valence electrons. The highest BCUT2D eigenvalue weighted by atomic mass is 79.9. The topological polar surface area (TPSA) is 67.6 Å². The summed E-state index contributed by atoms with van der Waals surface area (Å²) < 4.78 is 11.9. The average Bonchev–Trinajstić information content (AvgIpc) is 3.48. The van der Waals surface area contributed by atoms with Crippen molar-refractivity contribution in [2.45, 2.75) is 25.8 Å². The SMILES string of the molecule is CCOc1ccc(C(CNC(=O)c2cc(-c3ccc(Br)cc3)on2)N2CCCC2)cc1. The van der Waals surface area contributed by atoms with Crippen LogP contribution in [0.1, 0.15) is 41.9 Å². The van der Waals surface area contributed by atoms with E-state index >= 15 is 0 Å². The van der Waals surface area contributed by atoms with Gasteiger partial charge >= 0.3 is 0 Å². The van der Waals surface area contributed by atoms with Gasteiger partial charge in [-0.2, -0.15) is 0 Å². The molecule has 0 bridgehead atoms. The molecule has 1 aromatic heterocycles. The van der Waals surface area contributed by atoms with Crippen LogP contribution in [0.3, 0.4) is 0 Å². The standard InChI is InChI=1S/C24H26BrN3O3/c1-2-30-20-11-7-17(8-12-20)22(28-13-3-4-14-28)16-26-24(29)21-15-23(31-27-21)18-5-9-19(25)10-6-18/h5-12,15,22H,2-4,13-14,16H2,1H3,(H,26,29). The predicted molar refractivity (Wildman–Crippen MR) is 123 cm³/mol. The monoisotopic (exact) mass is 483 g/mol. The van der Waals surface area contributed by atoms with E-state index in [1.54, 1.807) is 6.07 Å². The maximum absolute atomic E-state index is 12.8. The molecule has 2 aromatic carbocycles. The maximum Gasteiger partial charge on any atom is 0.273 e. The van der Waals surface area contributed by atoms with Crippen molar-refractivity contribution in [1.29, 1.82) is 0 Å². The van der Waals surface area contributed by atoms with Gasteiger partial charge in [-0.1, -0.05) is 45.4 Å². The van der Waals surface area contributed by atoms with Crippen molar-refractivity contribution in [1.82, 2.24) is 15.4 Å². The Hall–Kier alpha value is -2.64. The molecule has 2 heterocycles. The van der Waals surface area contributed by atoms with Gasteiger partial charge in [-0.3, -0.25) is 9.69 Å². The number of amides is 1. The molecule has 1 aliphatic rings. The molecule has 0 saturated carbocycles. The van der Waals surface area contributed by atoms with E-state index < -0.39 is 0 Å². The predicted octanol–water partition coefficient (Wildman–Crippen LogP) is 5.07. The highest BCUT2D eigenvalue weighted by Crippen LogP contribution is 2.27. The molecule has 3 aromatic rings. The lowest BCUT2D eigenvalue weighted by molar-refractivity contribution is 0.0929. The van der Waals surface area contributed by atoms with Gasteiger partial charge in [-0.25, -0.2) is 0 Å². The third kappa shape index (κ3) is 5.35. The van der Waals surface area contributed by atoms with Gasteiger partial charge in [0.1, 0.15) is 5.75 Å². The Labute approximate surface area is 190 Å². The van der Waals surface area contributed by atoms with Gasteiger partial charge in [0.05, 0.1) is 12.6 Å². The fraction of sp³-hybridized carbons (Fsp3) is 0.333. The van der Waals surface area contributed by atoms with E-state index in [0.717, 1.165) is 28.9 Å². The lowest BCUT2D eigenvalue weighted by Gasteiger charge is -2.28. The summed E-state index contributed by atoms with van der Waals surface area (Å²) in [4.78, 5) is 15.2. The number of carbonyl (C=O) groups is 1. The van der Waals surface area contributed by atoms with Crippen LogP contribution in [-0.4, -0.2) is 42.2 Å². The van der Waals surface area contributed by atoms with Crippen LogP contribution < -0.4 is 10.1 Å². The van der Waals surface area contributed by atoms with E-state index in [2.05, 4.69) is 43.4 Å². The highest BCUT2D eigenvalue weighted by molar-refractivity contribution is 9.10. The number of benzene rings is 2. The smallest absolute Gasteiger partial charge is 0.273 e. The fourth-order valence-electron chi connectivity index (χ4n) is 3.88. The van der Waals surface area contributed by atoms with Gasteiger partial charge < -0.3 is 14.6 Å². The van der Waals surface area contributed by atoms with Crippen LogP contribution >= 0.6 is 15.9 Å². The van der Waals surface area contributed by atoms with Crippen LogP contribution in [0, 0.1) is 0 Å². The Morgan fingerprint density at radius 2 is 1.87 bits per heavy atom. The number of likely N-dealkylation sites (tertiary alicyclic amines) is 1. The number of nitrogens with zero attached hydrogens (tertiary/aromatic N) is 2. The summed E-state index contributed by atoms with van der Waals surface area (Å²) in [5, 5.41) is 7.01. The van der Waals surface area contributed by atoms with Gasteiger partial charge in [-0.15, -0.1) is 0 Å². The van der Waals surface area contributed by atoms with E-state index in [9.17, 15) is 4.79 Å². The molecule has 0 spiro atoms. The fourth-order valence-corrected chi connectivity index (χ4v) is 4.14. The minimum absolute atomic E-state index is 0.111. The zero-order valence-electron chi connectivity index (χ0n) is 17.5. The largest absolute Gasteiger partial charge is 0.494 e. The maximum atomic E-state index is 12.8. The zero-order chi connectivity index (χ0) is 21.6. The zero-order valence-corrected chi connectivity index (χ0v) is 19.1. The third-order valence-corrected chi connectivity index (χ3v) is 6.01. The number of hydrogen-bond donors (Lipinski definition) is 1. The first-order valence-electron chi connectivity index (χ1n) is 10.6. The Balaban J connectivity index is 1.44. The van der Waals surface area contributed by atoms with Gasteiger partial charge in [0.25, 0.3) is 5.91 Å². The summed E-state index contributed by atoms with van der Waals surface area (Å²) in [6, 6.07) is 17.6. The van der Waals surface area contributed by atoms with Crippen molar-refractivity contribution in [3.63, 3.8) is 0 Å². The number of halogens is 1. The highest BCUT2D eigenvalue weighted by Gasteiger charge is 2.25. The number of rotatable bonds is 8. The normalized spacial score (nSPS) is 15.0. The van der Waals surface area contributed by atoms with Crippen molar-refractivity contribution >= 4 is 21.8 Å². The minimum Gasteiger partial charge on any atom is -0.494 e. The molecule has 1 amide bonds. The van der Waals surface area contributed by atoms with Gasteiger partial charge in [0.2, 0.25) is 0 Å². The number of hydrogen-bond acceptors (Lipinski definition) is 5. The first kappa shape index (κ1) is 21.6. The molecule has 1 aliphatic heterocycles. The second-order valence-corrected chi connectivity index (χ2v) is 8.47. The minimum atomic E-state index is -0.234. The second kappa shape index (κ2) is 10.1. The Morgan fingerprint density at radius 1 is 1.16 bits per heavy atom. The van der Waals surface area contributed by atoms with Crippen LogP contribution in [0.5, 0.6) is 5.75 Å². The van der Waals surface area contributed by atoms with E-state index in [1.807, 2.05) is 43.3 Å². The summed E-state index contributed by atoms with van der Waals surface area (Å²) in [6.07, 6.45) is 2.36. The van der Waals surface area contributed by atoms with Crippen LogP contribution in [0.2, 0.25) is 0 Å². The molecule has 1 saturated heterocycles. The van der Waals surface area contributed by atoms with E-state index in [-0.39, 0.29) is 17.6 Å². The van der Waals surface area contributed by atoms with Crippen molar-refractivity contribution in [3.8, 4) is 17.1 Å². The summed E-state index contributed by atoms with van der Waals surface area (Å²) in [6.45, 7) is 5.19.